The molecule has 0 saturated heterocycles. The summed E-state index contributed by atoms with van der Waals surface area (Å²) in [6.07, 6.45) is 0.232. The van der Waals surface area contributed by atoms with Gasteiger partial charge in [-0.15, -0.1) is 0 Å². The van der Waals surface area contributed by atoms with E-state index >= 15 is 0 Å². The third-order valence-electron chi connectivity index (χ3n) is 2.30. The van der Waals surface area contributed by atoms with Gasteiger partial charge in [0, 0.05) is 6.61 Å². The van der Waals surface area contributed by atoms with Gasteiger partial charge in [-0.3, -0.25) is 0 Å². The van der Waals surface area contributed by atoms with Gasteiger partial charge >= 0.3 is 0 Å². The number of ether oxygens (including phenoxy) is 1. The van der Waals surface area contributed by atoms with Crippen LogP contribution in [0.5, 0.6) is 0 Å². The second kappa shape index (κ2) is 5.82. The summed E-state index contributed by atoms with van der Waals surface area (Å²) >= 11 is 0. The van der Waals surface area contributed by atoms with E-state index in [0.717, 1.165) is 0 Å². The lowest BCUT2D eigenvalue weighted by Gasteiger charge is -2.11. The summed E-state index contributed by atoms with van der Waals surface area (Å²) in [7, 11) is 0. The topological polar surface area (TPSA) is 68.4 Å². The third kappa shape index (κ3) is 3.28. The molecule has 1 N–H and O–H groups in total. The zero-order valence-corrected chi connectivity index (χ0v) is 9.43. The van der Waals surface area contributed by atoms with Gasteiger partial charge in [-0.2, -0.15) is 4.98 Å². The number of aromatic nitrogens is 2. The Kier molecular flexibility index (Phi) is 4.71. The standard InChI is InChI=1S/C10H18N2O3/c1-4-8(13)7(3)10-11-9(12-15-10)6-14-5-2/h7-8,13H,4-6H2,1-3H3. The van der Waals surface area contributed by atoms with Crippen molar-refractivity contribution in [2.75, 3.05) is 6.61 Å². The van der Waals surface area contributed by atoms with Crippen molar-refractivity contribution in [3.05, 3.63) is 11.7 Å². The zero-order valence-electron chi connectivity index (χ0n) is 9.43. The summed E-state index contributed by atoms with van der Waals surface area (Å²) in [6.45, 7) is 6.67. The first-order chi connectivity index (χ1) is 7.19. The minimum atomic E-state index is -0.439. The summed E-state index contributed by atoms with van der Waals surface area (Å²) in [4.78, 5) is 4.15. The molecule has 0 amide bonds. The average molecular weight is 214 g/mol. The number of aliphatic hydroxyl groups is 1. The van der Waals surface area contributed by atoms with Gasteiger partial charge in [0.2, 0.25) is 5.89 Å². The molecule has 0 bridgehead atoms. The van der Waals surface area contributed by atoms with Gasteiger partial charge in [0.1, 0.15) is 6.61 Å². The molecule has 2 unspecified atom stereocenters. The average Bonchev–Trinajstić information content (AvgIpc) is 2.72. The van der Waals surface area contributed by atoms with Crippen molar-refractivity contribution in [2.45, 2.75) is 45.8 Å². The van der Waals surface area contributed by atoms with Crippen LogP contribution in [0.2, 0.25) is 0 Å². The summed E-state index contributed by atoms with van der Waals surface area (Å²) in [5, 5.41) is 13.4. The van der Waals surface area contributed by atoms with Crippen LogP contribution in [0.15, 0.2) is 4.52 Å². The van der Waals surface area contributed by atoms with Crippen LogP contribution >= 0.6 is 0 Å². The minimum absolute atomic E-state index is 0.127. The van der Waals surface area contributed by atoms with Gasteiger partial charge in [-0.25, -0.2) is 0 Å². The molecule has 86 valence electrons. The Labute approximate surface area is 89.4 Å². The Bertz CT molecular complexity index is 288. The molecule has 1 heterocycles. The maximum absolute atomic E-state index is 9.61. The maximum Gasteiger partial charge on any atom is 0.232 e. The van der Waals surface area contributed by atoms with Crippen molar-refractivity contribution >= 4 is 0 Å². The van der Waals surface area contributed by atoms with Gasteiger partial charge in [0.15, 0.2) is 5.82 Å². The van der Waals surface area contributed by atoms with Crippen LogP contribution in [-0.2, 0) is 11.3 Å². The van der Waals surface area contributed by atoms with Gasteiger partial charge < -0.3 is 14.4 Å². The van der Waals surface area contributed by atoms with Crippen LogP contribution in [0.4, 0.5) is 0 Å². The molecule has 0 aromatic carbocycles. The molecule has 1 aromatic heterocycles. The van der Waals surface area contributed by atoms with Crippen molar-refractivity contribution in [2.24, 2.45) is 0 Å². The SMILES string of the molecule is CCOCc1noc(C(C)C(O)CC)n1. The predicted octanol–water partition coefficient (Wildman–Crippen LogP) is 1.48. The molecule has 5 nitrogen and oxygen atoms in total. The van der Waals surface area contributed by atoms with E-state index in [4.69, 9.17) is 9.26 Å². The van der Waals surface area contributed by atoms with E-state index in [1.54, 1.807) is 0 Å². The molecule has 0 saturated carbocycles. The number of rotatable bonds is 6. The van der Waals surface area contributed by atoms with E-state index < -0.39 is 6.10 Å². The molecule has 0 aliphatic rings. The number of hydrogen-bond acceptors (Lipinski definition) is 5. The van der Waals surface area contributed by atoms with E-state index in [1.165, 1.54) is 0 Å². The van der Waals surface area contributed by atoms with E-state index in [-0.39, 0.29) is 5.92 Å². The van der Waals surface area contributed by atoms with Crippen LogP contribution in [0.1, 0.15) is 44.8 Å². The quantitative estimate of drug-likeness (QED) is 0.776. The molecule has 0 spiro atoms. The molecule has 0 aliphatic heterocycles. The largest absolute Gasteiger partial charge is 0.392 e. The molecule has 2 atom stereocenters. The second-order valence-electron chi connectivity index (χ2n) is 3.45. The fourth-order valence-corrected chi connectivity index (χ4v) is 1.22. The Morgan fingerprint density at radius 2 is 2.20 bits per heavy atom. The summed E-state index contributed by atoms with van der Waals surface area (Å²) in [5.41, 5.74) is 0. The van der Waals surface area contributed by atoms with Crippen LogP contribution in [0, 0.1) is 0 Å². The number of hydrogen-bond donors (Lipinski definition) is 1. The summed E-state index contributed by atoms with van der Waals surface area (Å²) in [6, 6.07) is 0. The Hall–Kier alpha value is -0.940. The van der Waals surface area contributed by atoms with Crippen molar-refractivity contribution in [1.82, 2.24) is 10.1 Å². The van der Waals surface area contributed by atoms with Crippen molar-refractivity contribution in [3.63, 3.8) is 0 Å². The van der Waals surface area contributed by atoms with Crippen molar-refractivity contribution in [3.8, 4) is 0 Å². The highest BCUT2D eigenvalue weighted by Gasteiger charge is 2.20. The molecular formula is C10H18N2O3. The smallest absolute Gasteiger partial charge is 0.232 e. The Morgan fingerprint density at radius 3 is 2.80 bits per heavy atom. The fourth-order valence-electron chi connectivity index (χ4n) is 1.22. The molecule has 0 radical (unpaired) electrons. The first-order valence-corrected chi connectivity index (χ1v) is 5.27. The van der Waals surface area contributed by atoms with E-state index in [2.05, 4.69) is 10.1 Å². The summed E-state index contributed by atoms with van der Waals surface area (Å²) in [5.74, 6) is 0.874. The van der Waals surface area contributed by atoms with Crippen molar-refractivity contribution < 1.29 is 14.4 Å². The predicted molar refractivity (Wildman–Crippen MR) is 54.3 cm³/mol. The molecule has 1 rings (SSSR count). The summed E-state index contributed by atoms with van der Waals surface area (Å²) < 4.78 is 10.2. The van der Waals surface area contributed by atoms with Crippen LogP contribution in [-0.4, -0.2) is 28.0 Å². The van der Waals surface area contributed by atoms with Crippen LogP contribution in [0.3, 0.4) is 0 Å². The van der Waals surface area contributed by atoms with E-state index in [0.29, 0.717) is 31.3 Å². The highest BCUT2D eigenvalue weighted by molar-refractivity contribution is 4.94. The normalized spacial score (nSPS) is 15.2. The second-order valence-corrected chi connectivity index (χ2v) is 3.45. The molecule has 15 heavy (non-hydrogen) atoms. The highest BCUT2D eigenvalue weighted by Crippen LogP contribution is 2.19. The van der Waals surface area contributed by atoms with Gasteiger partial charge in [-0.1, -0.05) is 19.0 Å². The molecule has 1 aromatic rings. The zero-order chi connectivity index (χ0) is 11.3. The monoisotopic (exact) mass is 214 g/mol. The third-order valence-corrected chi connectivity index (χ3v) is 2.30. The molecule has 5 heteroatoms. The maximum atomic E-state index is 9.61. The Morgan fingerprint density at radius 1 is 1.47 bits per heavy atom. The fraction of sp³-hybridized carbons (Fsp3) is 0.800. The highest BCUT2D eigenvalue weighted by atomic mass is 16.5. The van der Waals surface area contributed by atoms with Gasteiger partial charge in [-0.05, 0) is 13.3 Å². The van der Waals surface area contributed by atoms with E-state index in [1.807, 2.05) is 20.8 Å². The minimum Gasteiger partial charge on any atom is -0.392 e. The Balaban J connectivity index is 2.58. The first-order valence-electron chi connectivity index (χ1n) is 5.27. The van der Waals surface area contributed by atoms with E-state index in [9.17, 15) is 5.11 Å². The van der Waals surface area contributed by atoms with Crippen LogP contribution < -0.4 is 0 Å². The van der Waals surface area contributed by atoms with Crippen LogP contribution in [0.25, 0.3) is 0 Å². The number of nitrogens with zero attached hydrogens (tertiary/aromatic N) is 2. The lowest BCUT2D eigenvalue weighted by Crippen LogP contribution is -2.14. The molecule has 0 aliphatic carbocycles. The van der Waals surface area contributed by atoms with Gasteiger partial charge in [0.25, 0.3) is 0 Å². The number of aliphatic hydroxyl groups excluding tert-OH is 1. The van der Waals surface area contributed by atoms with Gasteiger partial charge in [0.05, 0.1) is 12.0 Å². The molecular weight excluding hydrogens is 196 g/mol. The lowest BCUT2D eigenvalue weighted by atomic mass is 10.0. The first kappa shape index (κ1) is 12.1. The van der Waals surface area contributed by atoms with Crippen molar-refractivity contribution in [1.29, 1.82) is 0 Å². The molecule has 0 fully saturated rings. The lowest BCUT2D eigenvalue weighted by molar-refractivity contribution is 0.125.